The molecule has 0 fully saturated rings. The number of carbonyl (C=O) groups excluding carboxylic acids is 4. The van der Waals surface area contributed by atoms with E-state index < -0.39 is 97.5 Å². The van der Waals surface area contributed by atoms with Crippen molar-refractivity contribution in [2.75, 3.05) is 39.6 Å². The lowest BCUT2D eigenvalue weighted by Gasteiger charge is -2.21. The molecule has 0 rings (SSSR count). The van der Waals surface area contributed by atoms with Crippen LogP contribution in [0.4, 0.5) is 0 Å². The summed E-state index contributed by atoms with van der Waals surface area (Å²) in [6, 6.07) is 0. The van der Waals surface area contributed by atoms with E-state index in [-0.39, 0.29) is 25.7 Å². The molecule has 0 aliphatic heterocycles. The van der Waals surface area contributed by atoms with Crippen LogP contribution in [-0.2, 0) is 65.4 Å². The molecule has 19 heteroatoms. The van der Waals surface area contributed by atoms with E-state index >= 15 is 0 Å². The Morgan fingerprint density at radius 1 is 0.264 bits per heavy atom. The average molecular weight is 1550 g/mol. The van der Waals surface area contributed by atoms with E-state index in [0.29, 0.717) is 25.7 Å². The largest absolute Gasteiger partial charge is 0.472 e. The first-order valence-electron chi connectivity index (χ1n) is 44.7. The Morgan fingerprint density at radius 2 is 0.453 bits per heavy atom. The van der Waals surface area contributed by atoms with Gasteiger partial charge in [-0.2, -0.15) is 0 Å². The molecule has 0 radical (unpaired) electrons. The normalized spacial score (nSPS) is 14.2. The Morgan fingerprint density at radius 3 is 0.670 bits per heavy atom. The van der Waals surface area contributed by atoms with E-state index in [1.807, 2.05) is 0 Å². The second-order valence-electron chi connectivity index (χ2n) is 33.0. The Labute approximate surface area is 651 Å². The number of hydrogen-bond acceptors (Lipinski definition) is 15. The molecule has 0 saturated carbocycles. The highest BCUT2D eigenvalue weighted by Crippen LogP contribution is 2.45. The maximum Gasteiger partial charge on any atom is 0.472 e. The molecular formula is C87H170O17P2. The van der Waals surface area contributed by atoms with E-state index in [0.717, 1.165) is 120 Å². The first kappa shape index (κ1) is 104. The van der Waals surface area contributed by atoms with Crippen LogP contribution in [0.5, 0.6) is 0 Å². The molecule has 17 nitrogen and oxygen atoms in total. The second-order valence-corrected chi connectivity index (χ2v) is 35.9. The highest BCUT2D eigenvalue weighted by molar-refractivity contribution is 7.47. The molecule has 0 aromatic rings. The Kier molecular flexibility index (Phi) is 74.3. The van der Waals surface area contributed by atoms with Crippen LogP contribution in [0.2, 0.25) is 0 Å². The molecular weight excluding hydrogens is 1380 g/mol. The molecule has 0 spiro atoms. The smallest absolute Gasteiger partial charge is 0.462 e. The van der Waals surface area contributed by atoms with Crippen molar-refractivity contribution in [1.29, 1.82) is 0 Å². The molecule has 3 N–H and O–H groups in total. The van der Waals surface area contributed by atoms with Crippen molar-refractivity contribution in [2.45, 2.75) is 472 Å². The van der Waals surface area contributed by atoms with Crippen LogP contribution in [0.3, 0.4) is 0 Å². The lowest BCUT2D eigenvalue weighted by Crippen LogP contribution is -2.30. The van der Waals surface area contributed by atoms with Crippen LogP contribution in [0.25, 0.3) is 0 Å². The Bertz CT molecular complexity index is 2060. The van der Waals surface area contributed by atoms with Crippen molar-refractivity contribution in [2.24, 2.45) is 23.7 Å². The lowest BCUT2D eigenvalue weighted by atomic mass is 10.00. The predicted octanol–water partition coefficient (Wildman–Crippen LogP) is 26.3. The van der Waals surface area contributed by atoms with Gasteiger partial charge >= 0.3 is 39.5 Å². The lowest BCUT2D eigenvalue weighted by molar-refractivity contribution is -0.161. The van der Waals surface area contributed by atoms with Gasteiger partial charge in [0.1, 0.15) is 19.3 Å². The number of rotatable bonds is 84. The van der Waals surface area contributed by atoms with Gasteiger partial charge in [-0.25, -0.2) is 9.13 Å². The second kappa shape index (κ2) is 75.7. The van der Waals surface area contributed by atoms with E-state index in [1.165, 1.54) is 250 Å². The summed E-state index contributed by atoms with van der Waals surface area (Å²) >= 11 is 0. The number of ether oxygens (including phenoxy) is 4. The molecule has 0 amide bonds. The van der Waals surface area contributed by atoms with Crippen LogP contribution in [-0.4, -0.2) is 96.7 Å². The zero-order chi connectivity index (χ0) is 78.1. The molecule has 0 saturated heterocycles. The maximum absolute atomic E-state index is 13.1. The van der Waals surface area contributed by atoms with Crippen molar-refractivity contribution >= 4 is 39.5 Å². The van der Waals surface area contributed by atoms with Crippen molar-refractivity contribution in [3.63, 3.8) is 0 Å². The minimum atomic E-state index is -4.97. The van der Waals surface area contributed by atoms with E-state index in [4.69, 9.17) is 37.0 Å². The van der Waals surface area contributed by atoms with E-state index in [9.17, 15) is 43.2 Å². The van der Waals surface area contributed by atoms with Crippen LogP contribution >= 0.6 is 15.6 Å². The van der Waals surface area contributed by atoms with Gasteiger partial charge in [-0.15, -0.1) is 0 Å². The summed E-state index contributed by atoms with van der Waals surface area (Å²) in [4.78, 5) is 73.2. The van der Waals surface area contributed by atoms with Crippen LogP contribution in [0.15, 0.2) is 0 Å². The average Bonchev–Trinajstić information content (AvgIpc) is 0.902. The summed E-state index contributed by atoms with van der Waals surface area (Å²) in [5, 5.41) is 10.7. The zero-order valence-corrected chi connectivity index (χ0v) is 71.9. The van der Waals surface area contributed by atoms with Gasteiger partial charge in [0.05, 0.1) is 26.4 Å². The molecule has 0 aromatic carbocycles. The summed E-state index contributed by atoms with van der Waals surface area (Å²) < 4.78 is 68.9. The third-order valence-electron chi connectivity index (χ3n) is 20.7. The van der Waals surface area contributed by atoms with Gasteiger partial charge in [0.2, 0.25) is 0 Å². The fourth-order valence-electron chi connectivity index (χ4n) is 13.5. The highest BCUT2D eigenvalue weighted by atomic mass is 31.2. The summed E-state index contributed by atoms with van der Waals surface area (Å²) in [7, 11) is -9.93. The number of phosphoric ester groups is 2. The summed E-state index contributed by atoms with van der Waals surface area (Å²) in [5.41, 5.74) is 0. The maximum atomic E-state index is 13.1. The van der Waals surface area contributed by atoms with Gasteiger partial charge in [0.25, 0.3) is 0 Å². The summed E-state index contributed by atoms with van der Waals surface area (Å²) in [6.07, 6.45) is 65.4. The number of hydrogen-bond donors (Lipinski definition) is 3. The minimum Gasteiger partial charge on any atom is -0.462 e. The summed E-state index contributed by atoms with van der Waals surface area (Å²) in [5.74, 6) is 1.03. The third-order valence-corrected chi connectivity index (χ3v) is 22.6. The molecule has 0 bridgehead atoms. The molecule has 0 aliphatic carbocycles. The standard InChI is InChI=1S/C87H170O17P2/c1-9-80(8)66-58-50-45-46-52-60-68-85(90)98-74-83(104-87(92)70-62-54-44-38-31-25-21-17-13-11-15-19-23-28-34-40-48-56-64-78(4)5)76-102-106(95,96)100-72-81(88)71-99-105(93,94)101-75-82(73-97-84(89)67-59-51-42-36-32-26-29-35-41-49-57-65-79(6)7)103-86(91)69-61-53-43-37-30-24-20-16-12-10-14-18-22-27-33-39-47-55-63-77(2)3/h77-83,88H,9-76H2,1-8H3,(H,93,94)(H,95,96)/t80?,81-,82-,83-/m1/s1. The molecule has 0 heterocycles. The van der Waals surface area contributed by atoms with Gasteiger partial charge in [0, 0.05) is 25.7 Å². The fourth-order valence-corrected chi connectivity index (χ4v) is 15.0. The Hall–Kier alpha value is -1.94. The summed E-state index contributed by atoms with van der Waals surface area (Å²) in [6.45, 7) is 14.3. The quantitative estimate of drug-likeness (QED) is 0.0222. The fraction of sp³-hybridized carbons (Fsp3) is 0.954. The number of esters is 4. The van der Waals surface area contributed by atoms with Gasteiger partial charge in [-0.1, -0.05) is 402 Å². The number of carbonyl (C=O) groups is 4. The van der Waals surface area contributed by atoms with Crippen LogP contribution < -0.4 is 0 Å². The number of aliphatic hydroxyl groups excluding tert-OH is 1. The van der Waals surface area contributed by atoms with Crippen molar-refractivity contribution < 1.29 is 80.2 Å². The molecule has 0 aromatic heterocycles. The molecule has 6 atom stereocenters. The predicted molar refractivity (Wildman–Crippen MR) is 437 cm³/mol. The molecule has 0 aliphatic rings. The van der Waals surface area contributed by atoms with Crippen LogP contribution in [0.1, 0.15) is 453 Å². The SMILES string of the molecule is CCC(C)CCCCCCCCC(=O)OC[C@H](COP(=O)(O)OC[C@H](O)COP(=O)(O)OC[C@@H](COC(=O)CCCCCCCCCCCCCC(C)C)OC(=O)CCCCCCCCCCCCCCCCCCCCC(C)C)OC(=O)CCCCCCCCCCCCCCCCCCCCC(C)C. The molecule has 106 heavy (non-hydrogen) atoms. The van der Waals surface area contributed by atoms with E-state index in [1.54, 1.807) is 0 Å². The number of aliphatic hydroxyl groups is 1. The van der Waals surface area contributed by atoms with Gasteiger partial charge in [-0.05, 0) is 49.4 Å². The third kappa shape index (κ3) is 78.7. The van der Waals surface area contributed by atoms with Crippen molar-refractivity contribution in [3.05, 3.63) is 0 Å². The highest BCUT2D eigenvalue weighted by Gasteiger charge is 2.31. The number of unbranched alkanes of at least 4 members (excludes halogenated alkanes) is 49. The van der Waals surface area contributed by atoms with Crippen molar-refractivity contribution in [1.82, 2.24) is 0 Å². The first-order valence-corrected chi connectivity index (χ1v) is 47.7. The van der Waals surface area contributed by atoms with E-state index in [2.05, 4.69) is 55.4 Å². The van der Waals surface area contributed by atoms with Gasteiger partial charge in [-0.3, -0.25) is 37.3 Å². The topological polar surface area (TPSA) is 237 Å². The molecule has 630 valence electrons. The zero-order valence-electron chi connectivity index (χ0n) is 70.1. The monoisotopic (exact) mass is 1550 g/mol. The van der Waals surface area contributed by atoms with Crippen molar-refractivity contribution in [3.8, 4) is 0 Å². The van der Waals surface area contributed by atoms with Gasteiger partial charge < -0.3 is 33.8 Å². The first-order chi connectivity index (χ1) is 51.1. The minimum absolute atomic E-state index is 0.107. The van der Waals surface area contributed by atoms with Gasteiger partial charge in [0.15, 0.2) is 12.2 Å². The van der Waals surface area contributed by atoms with Crippen LogP contribution in [0, 0.1) is 23.7 Å². The molecule has 3 unspecified atom stereocenters. The number of phosphoric acid groups is 2. The Balaban J connectivity index is 5.20.